The number of benzene rings is 1. The summed E-state index contributed by atoms with van der Waals surface area (Å²) in [6.07, 6.45) is -2.08. The number of amides is 1. The molecule has 0 radical (unpaired) electrons. The maximum Gasteiger partial charge on any atom is 0.406 e. The van der Waals surface area contributed by atoms with Crippen molar-refractivity contribution in [3.05, 3.63) is 40.9 Å². The van der Waals surface area contributed by atoms with Crippen LogP contribution in [0.15, 0.2) is 30.3 Å². The molecule has 0 saturated carbocycles. The molecule has 1 rings (SSSR count). The number of aliphatic hydroxyl groups is 1. The first kappa shape index (κ1) is 16.5. The minimum atomic E-state index is -4.50. The molecule has 20 heavy (non-hydrogen) atoms. The summed E-state index contributed by atoms with van der Waals surface area (Å²) < 4.78 is 36.8. The Morgan fingerprint density at radius 3 is 2.40 bits per heavy atom. The van der Waals surface area contributed by atoms with Gasteiger partial charge in [0.15, 0.2) is 0 Å². The fourth-order valence-corrected chi connectivity index (χ4v) is 1.58. The number of hydrogen-bond donors (Lipinski definition) is 1. The summed E-state index contributed by atoms with van der Waals surface area (Å²) in [5.41, 5.74) is 0.638. The standard InChI is InChI=1S/C13H13ClF3NO2/c14-11-4-1-10(2-5-11)3-6-12(20)18(7-8-19)9-13(15,16)17/h1-6,19H,7-9H2/b6-3+. The van der Waals surface area contributed by atoms with Gasteiger partial charge in [-0.1, -0.05) is 23.7 Å². The Morgan fingerprint density at radius 1 is 1.30 bits per heavy atom. The third kappa shape index (κ3) is 6.08. The summed E-state index contributed by atoms with van der Waals surface area (Å²) in [5, 5.41) is 9.22. The van der Waals surface area contributed by atoms with Crippen molar-refractivity contribution in [3.63, 3.8) is 0 Å². The van der Waals surface area contributed by atoms with E-state index in [0.29, 0.717) is 15.5 Å². The molecule has 7 heteroatoms. The summed E-state index contributed by atoms with van der Waals surface area (Å²) in [5.74, 6) is -0.814. The van der Waals surface area contributed by atoms with Crippen LogP contribution in [0.3, 0.4) is 0 Å². The Kier molecular flexibility index (Phi) is 6.04. The Morgan fingerprint density at radius 2 is 1.90 bits per heavy atom. The molecule has 0 aromatic heterocycles. The van der Waals surface area contributed by atoms with Crippen LogP contribution in [-0.2, 0) is 4.79 Å². The second kappa shape index (κ2) is 7.31. The van der Waals surface area contributed by atoms with Gasteiger partial charge in [-0.15, -0.1) is 0 Å². The molecule has 1 aromatic carbocycles. The molecule has 0 unspecified atom stereocenters. The van der Waals surface area contributed by atoms with Crippen molar-refractivity contribution in [3.8, 4) is 0 Å². The predicted octanol–water partition coefficient (Wildman–Crippen LogP) is 2.74. The Balaban J connectivity index is 2.72. The van der Waals surface area contributed by atoms with Crippen LogP contribution < -0.4 is 0 Å². The van der Waals surface area contributed by atoms with E-state index < -0.39 is 25.2 Å². The van der Waals surface area contributed by atoms with Crippen LogP contribution in [0.4, 0.5) is 13.2 Å². The molecule has 0 spiro atoms. The average Bonchev–Trinajstić information content (AvgIpc) is 2.35. The van der Waals surface area contributed by atoms with E-state index in [0.717, 1.165) is 6.08 Å². The highest BCUT2D eigenvalue weighted by Gasteiger charge is 2.32. The Bertz CT molecular complexity index is 471. The summed E-state index contributed by atoms with van der Waals surface area (Å²) >= 11 is 5.69. The van der Waals surface area contributed by atoms with Crippen LogP contribution in [0.25, 0.3) is 6.08 Å². The number of nitrogens with zero attached hydrogens (tertiary/aromatic N) is 1. The molecule has 0 atom stereocenters. The lowest BCUT2D eigenvalue weighted by Gasteiger charge is -2.21. The topological polar surface area (TPSA) is 40.5 Å². The third-order valence-corrected chi connectivity index (χ3v) is 2.59. The number of hydrogen-bond acceptors (Lipinski definition) is 2. The fourth-order valence-electron chi connectivity index (χ4n) is 1.45. The van der Waals surface area contributed by atoms with Crippen molar-refractivity contribution in [2.45, 2.75) is 6.18 Å². The molecular formula is C13H13ClF3NO2. The molecule has 1 aromatic rings. The van der Waals surface area contributed by atoms with Crippen molar-refractivity contribution < 1.29 is 23.1 Å². The zero-order valence-corrected chi connectivity index (χ0v) is 11.2. The molecule has 0 aliphatic rings. The van der Waals surface area contributed by atoms with E-state index >= 15 is 0 Å². The van der Waals surface area contributed by atoms with Crippen molar-refractivity contribution in [1.82, 2.24) is 4.90 Å². The number of carbonyl (C=O) groups excluding carboxylic acids is 1. The Labute approximate surface area is 119 Å². The maximum atomic E-state index is 12.3. The highest BCUT2D eigenvalue weighted by atomic mass is 35.5. The van der Waals surface area contributed by atoms with E-state index in [1.54, 1.807) is 24.3 Å². The van der Waals surface area contributed by atoms with Crippen LogP contribution in [0, 0.1) is 0 Å². The van der Waals surface area contributed by atoms with Crippen LogP contribution in [0.1, 0.15) is 5.56 Å². The molecule has 0 aliphatic heterocycles. The number of alkyl halides is 3. The van der Waals surface area contributed by atoms with Crippen molar-refractivity contribution >= 4 is 23.6 Å². The van der Waals surface area contributed by atoms with Crippen molar-refractivity contribution in [2.75, 3.05) is 19.7 Å². The summed E-state index contributed by atoms with van der Waals surface area (Å²) in [6.45, 7) is -2.29. The van der Waals surface area contributed by atoms with E-state index in [2.05, 4.69) is 0 Å². The fraction of sp³-hybridized carbons (Fsp3) is 0.308. The van der Waals surface area contributed by atoms with E-state index in [-0.39, 0.29) is 6.54 Å². The molecule has 1 N–H and O–H groups in total. The molecule has 110 valence electrons. The molecule has 0 saturated heterocycles. The van der Waals surface area contributed by atoms with Gasteiger partial charge in [0.1, 0.15) is 6.54 Å². The molecule has 1 amide bonds. The first-order valence-corrected chi connectivity index (χ1v) is 6.10. The Hall–Kier alpha value is -1.53. The highest BCUT2D eigenvalue weighted by Crippen LogP contribution is 2.17. The molecule has 0 aliphatic carbocycles. The van der Waals surface area contributed by atoms with Gasteiger partial charge < -0.3 is 10.0 Å². The van der Waals surface area contributed by atoms with Gasteiger partial charge in [-0.05, 0) is 23.8 Å². The van der Waals surface area contributed by atoms with Gasteiger partial charge >= 0.3 is 6.18 Å². The van der Waals surface area contributed by atoms with Gasteiger partial charge in [-0.25, -0.2) is 0 Å². The first-order chi connectivity index (χ1) is 9.31. The van der Waals surface area contributed by atoms with Gasteiger partial charge in [-0.3, -0.25) is 4.79 Å². The van der Waals surface area contributed by atoms with Gasteiger partial charge in [0.2, 0.25) is 5.91 Å². The number of rotatable bonds is 5. The zero-order chi connectivity index (χ0) is 15.2. The average molecular weight is 308 g/mol. The largest absolute Gasteiger partial charge is 0.406 e. The van der Waals surface area contributed by atoms with E-state index in [9.17, 15) is 18.0 Å². The quantitative estimate of drug-likeness (QED) is 0.850. The second-order valence-corrected chi connectivity index (χ2v) is 4.42. The number of aliphatic hydroxyl groups excluding tert-OH is 1. The lowest BCUT2D eigenvalue weighted by Crippen LogP contribution is -2.39. The summed E-state index contributed by atoms with van der Waals surface area (Å²) in [4.78, 5) is 12.2. The van der Waals surface area contributed by atoms with Crippen LogP contribution in [0.5, 0.6) is 0 Å². The van der Waals surface area contributed by atoms with E-state index in [1.807, 2.05) is 0 Å². The second-order valence-electron chi connectivity index (χ2n) is 3.98. The predicted molar refractivity (Wildman–Crippen MR) is 70.2 cm³/mol. The molecule has 0 bridgehead atoms. The minimum absolute atomic E-state index is 0.372. The normalized spacial score (nSPS) is 11.8. The SMILES string of the molecule is O=C(/C=C/c1ccc(Cl)cc1)N(CCO)CC(F)(F)F. The summed E-state index contributed by atoms with van der Waals surface area (Å²) in [6, 6.07) is 6.47. The molecule has 3 nitrogen and oxygen atoms in total. The highest BCUT2D eigenvalue weighted by molar-refractivity contribution is 6.30. The zero-order valence-electron chi connectivity index (χ0n) is 10.4. The van der Waals surface area contributed by atoms with Crippen molar-refractivity contribution in [1.29, 1.82) is 0 Å². The number of carbonyl (C=O) groups is 1. The van der Waals surface area contributed by atoms with Gasteiger partial charge in [0.25, 0.3) is 0 Å². The van der Waals surface area contributed by atoms with E-state index in [1.165, 1.54) is 6.08 Å². The number of halogens is 4. The third-order valence-electron chi connectivity index (χ3n) is 2.34. The van der Waals surface area contributed by atoms with E-state index in [4.69, 9.17) is 16.7 Å². The van der Waals surface area contributed by atoms with Crippen LogP contribution >= 0.6 is 11.6 Å². The van der Waals surface area contributed by atoms with Gasteiger partial charge in [-0.2, -0.15) is 13.2 Å². The maximum absolute atomic E-state index is 12.3. The lowest BCUT2D eigenvalue weighted by atomic mass is 10.2. The van der Waals surface area contributed by atoms with Gasteiger partial charge in [0, 0.05) is 17.6 Å². The smallest absolute Gasteiger partial charge is 0.395 e. The minimum Gasteiger partial charge on any atom is -0.395 e. The van der Waals surface area contributed by atoms with Gasteiger partial charge in [0.05, 0.1) is 6.61 Å². The summed E-state index contributed by atoms with van der Waals surface area (Å²) in [7, 11) is 0. The molecule has 0 heterocycles. The first-order valence-electron chi connectivity index (χ1n) is 5.72. The molecule has 0 fully saturated rings. The van der Waals surface area contributed by atoms with Crippen LogP contribution in [-0.4, -0.2) is 41.8 Å². The molecular weight excluding hydrogens is 295 g/mol. The monoisotopic (exact) mass is 307 g/mol. The lowest BCUT2D eigenvalue weighted by molar-refractivity contribution is -0.158. The van der Waals surface area contributed by atoms with Crippen LogP contribution in [0.2, 0.25) is 5.02 Å². The van der Waals surface area contributed by atoms with Crippen molar-refractivity contribution in [2.24, 2.45) is 0 Å².